The molecule has 15 heteroatoms. The van der Waals surface area contributed by atoms with Crippen LogP contribution in [0, 0.1) is 0 Å². The van der Waals surface area contributed by atoms with Gasteiger partial charge in [-0.3, -0.25) is 44.6 Å². The molecular formula is C25H43N9O6. The zero-order chi connectivity index (χ0) is 29.7. The first-order valence-corrected chi connectivity index (χ1v) is 13.8. The Morgan fingerprint density at radius 3 is 2.48 bits per heavy atom. The Hall–Kier alpha value is -3.75. The SMILES string of the molecule is CC(=O)[C@H](CCCCN)NC(=O)C1CCC(=O)NNC(N)=NCCC[C@H](NC(=O)[C@@H]2CCCN2C(C)=O)C(=O)N1. The van der Waals surface area contributed by atoms with Gasteiger partial charge in [-0.25, -0.2) is 0 Å². The summed E-state index contributed by atoms with van der Waals surface area (Å²) in [6.07, 6.45) is 3.11. The first kappa shape index (κ1) is 32.5. The van der Waals surface area contributed by atoms with Gasteiger partial charge in [-0.1, -0.05) is 0 Å². The number of carbonyl (C=O) groups is 6. The van der Waals surface area contributed by atoms with Crippen molar-refractivity contribution in [2.75, 3.05) is 19.6 Å². The van der Waals surface area contributed by atoms with E-state index in [2.05, 4.69) is 31.8 Å². The second-order valence-electron chi connectivity index (χ2n) is 10.1. The van der Waals surface area contributed by atoms with Crippen LogP contribution < -0.4 is 38.3 Å². The largest absolute Gasteiger partial charge is 0.369 e. The van der Waals surface area contributed by atoms with Crippen LogP contribution in [0.5, 0.6) is 0 Å². The summed E-state index contributed by atoms with van der Waals surface area (Å²) in [6, 6.07) is -3.66. The van der Waals surface area contributed by atoms with Crippen molar-refractivity contribution in [3.8, 4) is 0 Å². The van der Waals surface area contributed by atoms with Gasteiger partial charge < -0.3 is 32.3 Å². The smallest absolute Gasteiger partial charge is 0.243 e. The summed E-state index contributed by atoms with van der Waals surface area (Å²) >= 11 is 0. The fraction of sp³-hybridized carbons (Fsp3) is 0.720. The first-order valence-electron chi connectivity index (χ1n) is 13.8. The molecule has 224 valence electrons. The number of ketones is 1. The lowest BCUT2D eigenvalue weighted by Crippen LogP contribution is -2.57. The van der Waals surface area contributed by atoms with Crippen LogP contribution in [-0.4, -0.2) is 90.0 Å². The van der Waals surface area contributed by atoms with Gasteiger partial charge in [0.15, 0.2) is 5.78 Å². The van der Waals surface area contributed by atoms with E-state index in [0.29, 0.717) is 51.6 Å². The highest BCUT2D eigenvalue weighted by Gasteiger charge is 2.35. The summed E-state index contributed by atoms with van der Waals surface area (Å²) in [5.74, 6) is -2.72. The summed E-state index contributed by atoms with van der Waals surface area (Å²) in [4.78, 5) is 81.7. The molecule has 1 fully saturated rings. The van der Waals surface area contributed by atoms with E-state index in [4.69, 9.17) is 11.5 Å². The number of hydrogen-bond acceptors (Lipinski definition) is 10. The van der Waals surface area contributed by atoms with Crippen molar-refractivity contribution in [3.05, 3.63) is 0 Å². The van der Waals surface area contributed by atoms with Crippen LogP contribution in [0.3, 0.4) is 0 Å². The molecule has 0 bridgehead atoms. The molecule has 40 heavy (non-hydrogen) atoms. The Bertz CT molecular complexity index is 972. The molecule has 1 unspecified atom stereocenters. The molecule has 2 aliphatic heterocycles. The molecule has 0 spiro atoms. The lowest BCUT2D eigenvalue weighted by atomic mass is 10.0. The number of likely N-dealkylation sites (tertiary alicyclic amines) is 1. The number of nitrogens with two attached hydrogens (primary N) is 2. The maximum atomic E-state index is 13.4. The predicted octanol–water partition coefficient (Wildman–Crippen LogP) is -2.32. The Balaban J connectivity index is 2.23. The van der Waals surface area contributed by atoms with Gasteiger partial charge in [0, 0.05) is 26.4 Å². The quantitative estimate of drug-likeness (QED) is 0.149. The average Bonchev–Trinajstić information content (AvgIpc) is 3.41. The number of carbonyl (C=O) groups excluding carboxylic acids is 6. The van der Waals surface area contributed by atoms with Crippen molar-refractivity contribution in [2.24, 2.45) is 16.5 Å². The lowest BCUT2D eigenvalue weighted by molar-refractivity contribution is -0.138. The minimum absolute atomic E-state index is 0.0328. The molecule has 15 nitrogen and oxygen atoms in total. The summed E-state index contributed by atoms with van der Waals surface area (Å²) in [5, 5.41) is 8.06. The Labute approximate surface area is 234 Å². The number of Topliss-reactive ketones (excluding diaryl/α,β-unsaturated/α-hetero) is 1. The normalized spacial score (nSPS) is 23.4. The number of rotatable bonds is 9. The van der Waals surface area contributed by atoms with Crippen molar-refractivity contribution in [3.63, 3.8) is 0 Å². The number of nitrogens with one attached hydrogen (secondary N) is 5. The summed E-state index contributed by atoms with van der Waals surface area (Å²) in [6.45, 7) is 3.86. The molecule has 9 N–H and O–H groups in total. The molecule has 4 atom stereocenters. The van der Waals surface area contributed by atoms with Gasteiger partial charge in [0.2, 0.25) is 35.5 Å². The molecule has 2 heterocycles. The van der Waals surface area contributed by atoms with Gasteiger partial charge in [-0.05, 0) is 64.8 Å². The number of hydrazine groups is 1. The third kappa shape index (κ3) is 10.4. The molecule has 0 aromatic heterocycles. The van der Waals surface area contributed by atoms with Crippen LogP contribution in [0.15, 0.2) is 4.99 Å². The minimum Gasteiger partial charge on any atom is -0.369 e. The fourth-order valence-corrected chi connectivity index (χ4v) is 4.64. The van der Waals surface area contributed by atoms with E-state index in [1.54, 1.807) is 0 Å². The van der Waals surface area contributed by atoms with Crippen molar-refractivity contribution >= 4 is 41.3 Å². The van der Waals surface area contributed by atoms with Crippen LogP contribution in [-0.2, 0) is 28.8 Å². The monoisotopic (exact) mass is 565 g/mol. The average molecular weight is 566 g/mol. The number of guanidine groups is 1. The molecule has 0 aliphatic carbocycles. The first-order chi connectivity index (χ1) is 19.0. The van der Waals surface area contributed by atoms with Crippen LogP contribution in [0.1, 0.15) is 71.6 Å². The van der Waals surface area contributed by atoms with E-state index in [1.807, 2.05) is 0 Å². The third-order valence-electron chi connectivity index (χ3n) is 6.90. The van der Waals surface area contributed by atoms with Crippen molar-refractivity contribution in [2.45, 2.75) is 95.8 Å². The van der Waals surface area contributed by atoms with E-state index in [9.17, 15) is 28.8 Å². The Morgan fingerprint density at radius 1 is 1.05 bits per heavy atom. The zero-order valence-electron chi connectivity index (χ0n) is 23.3. The number of aliphatic imine (C=N–C) groups is 1. The molecule has 5 amide bonds. The second-order valence-corrected chi connectivity index (χ2v) is 10.1. The standard InChI is InChI=1S/C25H43N9O6/c1-15(35)17(7-3-4-12-26)29-23(39)19-10-11-21(37)32-33-25(27)28-13-5-8-18(22(38)30-19)31-24(40)20-9-6-14-34(20)16(2)36/h17-20H,3-14,26H2,1-2H3,(H,29,39)(H,30,38)(H,31,40)(H,32,37)(H3,27,28,33)/t17-,18-,19?,20-/m0/s1. The highest BCUT2D eigenvalue weighted by molar-refractivity contribution is 5.95. The van der Waals surface area contributed by atoms with Gasteiger partial charge in [0.25, 0.3) is 0 Å². The minimum atomic E-state index is -1.16. The summed E-state index contributed by atoms with van der Waals surface area (Å²) in [7, 11) is 0. The van der Waals surface area contributed by atoms with Crippen LogP contribution in [0.4, 0.5) is 0 Å². The predicted molar refractivity (Wildman–Crippen MR) is 146 cm³/mol. The molecule has 0 aromatic carbocycles. The van der Waals surface area contributed by atoms with Gasteiger partial charge >= 0.3 is 0 Å². The molecule has 1 saturated heterocycles. The maximum Gasteiger partial charge on any atom is 0.243 e. The van der Waals surface area contributed by atoms with Crippen molar-refractivity contribution < 1.29 is 28.8 Å². The van der Waals surface area contributed by atoms with Crippen LogP contribution in [0.25, 0.3) is 0 Å². The highest BCUT2D eigenvalue weighted by atomic mass is 16.2. The van der Waals surface area contributed by atoms with E-state index < -0.39 is 47.8 Å². The lowest BCUT2D eigenvalue weighted by Gasteiger charge is -2.27. The molecule has 0 saturated carbocycles. The number of hydrogen-bond donors (Lipinski definition) is 7. The second kappa shape index (κ2) is 16.4. The zero-order valence-corrected chi connectivity index (χ0v) is 23.3. The number of amides is 5. The van der Waals surface area contributed by atoms with Crippen LogP contribution >= 0.6 is 0 Å². The number of unbranched alkanes of at least 4 members (excludes halogenated alkanes) is 1. The van der Waals surface area contributed by atoms with E-state index in [-0.39, 0.29) is 43.5 Å². The maximum absolute atomic E-state index is 13.4. The highest BCUT2D eigenvalue weighted by Crippen LogP contribution is 2.18. The third-order valence-corrected chi connectivity index (χ3v) is 6.90. The van der Waals surface area contributed by atoms with Crippen LogP contribution in [0.2, 0.25) is 0 Å². The summed E-state index contributed by atoms with van der Waals surface area (Å²) < 4.78 is 0. The molecule has 2 aliphatic rings. The number of nitrogens with zero attached hydrogens (tertiary/aromatic N) is 2. The van der Waals surface area contributed by atoms with E-state index >= 15 is 0 Å². The Morgan fingerprint density at radius 2 is 1.80 bits per heavy atom. The van der Waals surface area contributed by atoms with Gasteiger partial charge in [-0.15, -0.1) is 0 Å². The van der Waals surface area contributed by atoms with E-state index in [1.165, 1.54) is 18.7 Å². The van der Waals surface area contributed by atoms with Gasteiger partial charge in [0.1, 0.15) is 18.1 Å². The molecule has 0 radical (unpaired) electrons. The summed E-state index contributed by atoms with van der Waals surface area (Å²) in [5.41, 5.74) is 16.2. The Kier molecular flexibility index (Phi) is 13.3. The fourth-order valence-electron chi connectivity index (χ4n) is 4.64. The molecule has 0 aromatic rings. The van der Waals surface area contributed by atoms with Crippen molar-refractivity contribution in [1.82, 2.24) is 31.7 Å². The van der Waals surface area contributed by atoms with E-state index in [0.717, 1.165) is 0 Å². The van der Waals surface area contributed by atoms with Crippen molar-refractivity contribution in [1.29, 1.82) is 0 Å². The molecular weight excluding hydrogens is 522 g/mol. The topological polar surface area (TPSA) is 230 Å². The molecule has 2 rings (SSSR count). The van der Waals surface area contributed by atoms with Gasteiger partial charge in [0.05, 0.1) is 6.04 Å². The van der Waals surface area contributed by atoms with Gasteiger partial charge in [-0.2, -0.15) is 0 Å².